The van der Waals surface area contributed by atoms with E-state index in [1.54, 1.807) is 14.0 Å². The van der Waals surface area contributed by atoms with E-state index in [0.29, 0.717) is 12.1 Å². The van der Waals surface area contributed by atoms with Crippen LogP contribution in [-0.4, -0.2) is 26.8 Å². The van der Waals surface area contributed by atoms with Crippen LogP contribution in [-0.2, 0) is 7.05 Å². The van der Waals surface area contributed by atoms with Gasteiger partial charge in [0.25, 0.3) is 0 Å². The highest BCUT2D eigenvalue weighted by molar-refractivity contribution is 5.94. The van der Waals surface area contributed by atoms with Gasteiger partial charge in [-0.2, -0.15) is 0 Å². The summed E-state index contributed by atoms with van der Waals surface area (Å²) >= 11 is 0. The second-order valence-corrected chi connectivity index (χ2v) is 2.85. The van der Waals surface area contributed by atoms with E-state index in [4.69, 9.17) is 5.73 Å². The normalized spacial score (nSPS) is 12.9. The van der Waals surface area contributed by atoms with E-state index in [0.717, 1.165) is 0 Å². The number of rotatable bonds is 3. The summed E-state index contributed by atoms with van der Waals surface area (Å²) in [5.41, 5.74) is 5.99. The molecule has 0 bridgehead atoms. The van der Waals surface area contributed by atoms with Crippen molar-refractivity contribution in [3.63, 3.8) is 0 Å². The molecule has 0 saturated heterocycles. The van der Waals surface area contributed by atoms with E-state index < -0.39 is 0 Å². The van der Waals surface area contributed by atoms with Crippen LogP contribution in [0.4, 0.5) is 0 Å². The van der Waals surface area contributed by atoms with Gasteiger partial charge < -0.3 is 5.73 Å². The lowest BCUT2D eigenvalue weighted by Gasteiger charge is -2.02. The molecule has 0 amide bonds. The molecule has 0 aliphatic carbocycles. The fourth-order valence-electron chi connectivity index (χ4n) is 0.939. The van der Waals surface area contributed by atoms with Crippen LogP contribution in [0.5, 0.6) is 0 Å². The van der Waals surface area contributed by atoms with Crippen LogP contribution >= 0.6 is 0 Å². The summed E-state index contributed by atoms with van der Waals surface area (Å²) in [5, 5.41) is 7.25. The fraction of sp³-hybridized carbons (Fsp3) is 0.571. The number of nitrogens with zero attached hydrogens (tertiary/aromatic N) is 3. The van der Waals surface area contributed by atoms with E-state index in [9.17, 15) is 4.79 Å². The van der Waals surface area contributed by atoms with Crippen LogP contribution in [0.25, 0.3) is 0 Å². The van der Waals surface area contributed by atoms with Crippen LogP contribution in [0.3, 0.4) is 0 Å². The first kappa shape index (κ1) is 8.86. The largest absolute Gasteiger partial charge is 0.328 e. The number of aryl methyl sites for hydroxylation is 1. The van der Waals surface area contributed by atoms with Crippen LogP contribution in [0, 0.1) is 0 Å². The topological polar surface area (TPSA) is 73.8 Å². The average molecular weight is 168 g/mol. The van der Waals surface area contributed by atoms with E-state index in [1.165, 1.54) is 10.9 Å². The zero-order valence-electron chi connectivity index (χ0n) is 7.19. The third kappa shape index (κ3) is 1.88. The van der Waals surface area contributed by atoms with Crippen molar-refractivity contribution in [2.45, 2.75) is 19.4 Å². The molecule has 0 aromatic carbocycles. The van der Waals surface area contributed by atoms with E-state index >= 15 is 0 Å². The van der Waals surface area contributed by atoms with Gasteiger partial charge >= 0.3 is 0 Å². The Morgan fingerprint density at radius 1 is 1.83 bits per heavy atom. The van der Waals surface area contributed by atoms with Crippen molar-refractivity contribution in [3.8, 4) is 0 Å². The molecule has 12 heavy (non-hydrogen) atoms. The van der Waals surface area contributed by atoms with Gasteiger partial charge in [-0.1, -0.05) is 5.21 Å². The molecule has 1 aromatic rings. The van der Waals surface area contributed by atoms with Crippen molar-refractivity contribution in [2.75, 3.05) is 0 Å². The van der Waals surface area contributed by atoms with Crippen molar-refractivity contribution in [1.82, 2.24) is 15.0 Å². The zero-order valence-corrected chi connectivity index (χ0v) is 7.19. The molecule has 0 aliphatic heterocycles. The molecular weight excluding hydrogens is 156 g/mol. The Kier molecular flexibility index (Phi) is 2.54. The van der Waals surface area contributed by atoms with Crippen LogP contribution in [0.1, 0.15) is 23.8 Å². The van der Waals surface area contributed by atoms with Crippen molar-refractivity contribution < 1.29 is 4.79 Å². The van der Waals surface area contributed by atoms with Gasteiger partial charge in [0.1, 0.15) is 5.69 Å². The quantitative estimate of drug-likeness (QED) is 0.631. The summed E-state index contributed by atoms with van der Waals surface area (Å²) in [7, 11) is 1.68. The Hall–Kier alpha value is -1.23. The number of carbonyl (C=O) groups excluding carboxylic acids is 1. The first-order valence-corrected chi connectivity index (χ1v) is 3.74. The summed E-state index contributed by atoms with van der Waals surface area (Å²) in [5.74, 6) is -0.0162. The smallest absolute Gasteiger partial charge is 0.184 e. The Bertz CT molecular complexity index is 279. The molecule has 5 heteroatoms. The molecule has 0 aliphatic rings. The Balaban J connectivity index is 2.72. The zero-order chi connectivity index (χ0) is 9.14. The van der Waals surface area contributed by atoms with Gasteiger partial charge in [-0.15, -0.1) is 5.10 Å². The highest BCUT2D eigenvalue weighted by atomic mass is 16.1. The van der Waals surface area contributed by atoms with E-state index in [1.807, 2.05) is 0 Å². The molecular formula is C7H12N4O. The van der Waals surface area contributed by atoms with E-state index in [2.05, 4.69) is 10.3 Å². The lowest BCUT2D eigenvalue weighted by Crippen LogP contribution is -2.21. The van der Waals surface area contributed by atoms with Gasteiger partial charge in [-0.05, 0) is 6.92 Å². The molecule has 66 valence electrons. The highest BCUT2D eigenvalue weighted by Gasteiger charge is 2.12. The summed E-state index contributed by atoms with van der Waals surface area (Å²) in [6.45, 7) is 1.79. The van der Waals surface area contributed by atoms with Gasteiger partial charge in [-0.3, -0.25) is 4.79 Å². The molecule has 0 radical (unpaired) electrons. The van der Waals surface area contributed by atoms with Crippen molar-refractivity contribution in [2.24, 2.45) is 12.8 Å². The second-order valence-electron chi connectivity index (χ2n) is 2.85. The predicted molar refractivity (Wildman–Crippen MR) is 43.6 cm³/mol. The van der Waals surface area contributed by atoms with Crippen molar-refractivity contribution in [3.05, 3.63) is 11.9 Å². The molecule has 1 aromatic heterocycles. The summed E-state index contributed by atoms with van der Waals surface area (Å²) in [6.07, 6.45) is 1.78. The third-order valence-electron chi connectivity index (χ3n) is 1.51. The first-order chi connectivity index (χ1) is 5.61. The SMILES string of the molecule is CC(N)CC(=O)c1cnnn1C. The molecule has 0 fully saturated rings. The Morgan fingerprint density at radius 2 is 2.50 bits per heavy atom. The second kappa shape index (κ2) is 3.44. The highest BCUT2D eigenvalue weighted by Crippen LogP contribution is 2.00. The maximum atomic E-state index is 11.4. The molecule has 2 N–H and O–H groups in total. The average Bonchev–Trinajstić information content (AvgIpc) is 2.33. The summed E-state index contributed by atoms with van der Waals surface area (Å²) in [6, 6.07) is -0.118. The molecule has 1 unspecified atom stereocenters. The van der Waals surface area contributed by atoms with Crippen molar-refractivity contribution in [1.29, 1.82) is 0 Å². The Labute approximate surface area is 70.6 Å². The van der Waals surface area contributed by atoms with Crippen LogP contribution in [0.2, 0.25) is 0 Å². The number of ketones is 1. The lowest BCUT2D eigenvalue weighted by molar-refractivity contribution is 0.0967. The molecule has 0 spiro atoms. The maximum Gasteiger partial charge on any atom is 0.184 e. The number of hydrogen-bond acceptors (Lipinski definition) is 4. The minimum absolute atomic E-state index is 0.0162. The molecule has 1 atom stereocenters. The molecule has 1 heterocycles. The minimum atomic E-state index is -0.118. The molecule has 0 saturated carbocycles. The van der Waals surface area contributed by atoms with Gasteiger partial charge in [0.2, 0.25) is 0 Å². The lowest BCUT2D eigenvalue weighted by atomic mass is 10.1. The number of Topliss-reactive ketones (excluding diaryl/α,β-unsaturated/α-hetero) is 1. The maximum absolute atomic E-state index is 11.4. The Morgan fingerprint density at radius 3 is 2.92 bits per heavy atom. The summed E-state index contributed by atoms with van der Waals surface area (Å²) in [4.78, 5) is 11.4. The predicted octanol–water partition coefficient (Wildman–Crippen LogP) is -0.265. The van der Waals surface area contributed by atoms with Gasteiger partial charge in [-0.25, -0.2) is 4.68 Å². The van der Waals surface area contributed by atoms with Crippen LogP contribution in [0.15, 0.2) is 6.20 Å². The number of aromatic nitrogens is 3. The minimum Gasteiger partial charge on any atom is -0.328 e. The fourth-order valence-corrected chi connectivity index (χ4v) is 0.939. The third-order valence-corrected chi connectivity index (χ3v) is 1.51. The summed E-state index contributed by atoms with van der Waals surface area (Å²) < 4.78 is 1.45. The molecule has 1 rings (SSSR count). The number of nitrogens with two attached hydrogens (primary N) is 1. The van der Waals surface area contributed by atoms with Gasteiger partial charge in [0, 0.05) is 19.5 Å². The van der Waals surface area contributed by atoms with Crippen molar-refractivity contribution >= 4 is 5.78 Å². The number of hydrogen-bond donors (Lipinski definition) is 1. The van der Waals surface area contributed by atoms with Crippen LogP contribution < -0.4 is 5.73 Å². The first-order valence-electron chi connectivity index (χ1n) is 3.74. The standard InChI is InChI=1S/C7H12N4O/c1-5(8)3-7(12)6-4-9-10-11(6)2/h4-5H,3,8H2,1-2H3. The van der Waals surface area contributed by atoms with Gasteiger partial charge in [0.15, 0.2) is 5.78 Å². The monoisotopic (exact) mass is 168 g/mol. The van der Waals surface area contributed by atoms with Gasteiger partial charge in [0.05, 0.1) is 6.20 Å². The van der Waals surface area contributed by atoms with E-state index in [-0.39, 0.29) is 11.8 Å². The number of carbonyl (C=O) groups is 1. The molecule has 5 nitrogen and oxygen atoms in total.